The Hall–Kier alpha value is -3.06. The molecular weight excluding hydrogens is 278 g/mol. The molecule has 0 atom stereocenters. The molecule has 0 radical (unpaired) electrons. The Bertz CT molecular complexity index is 1150. The van der Waals surface area contributed by atoms with Crippen LogP contribution < -0.4 is 0 Å². The van der Waals surface area contributed by atoms with Gasteiger partial charge in [-0.25, -0.2) is 0 Å². The van der Waals surface area contributed by atoms with Crippen molar-refractivity contribution in [3.63, 3.8) is 0 Å². The lowest BCUT2D eigenvalue weighted by molar-refractivity contribution is 1.27. The van der Waals surface area contributed by atoms with Gasteiger partial charge in [0.25, 0.3) is 0 Å². The second kappa shape index (κ2) is 4.72. The van der Waals surface area contributed by atoms with E-state index < -0.39 is 0 Å². The number of para-hydroxylation sites is 1. The molecule has 0 aliphatic carbocycles. The molecule has 1 heteroatoms. The van der Waals surface area contributed by atoms with Gasteiger partial charge in [-0.05, 0) is 23.1 Å². The Balaban J connectivity index is 2.02. The minimum absolute atomic E-state index is 1.25. The van der Waals surface area contributed by atoms with Crippen LogP contribution in [0.5, 0.6) is 0 Å². The molecule has 0 fully saturated rings. The van der Waals surface area contributed by atoms with Crippen molar-refractivity contribution in [3.8, 4) is 11.1 Å². The molecule has 0 spiro atoms. The molecule has 1 nitrogen and oxygen atoms in total. The highest BCUT2D eigenvalue weighted by Gasteiger charge is 2.10. The number of benzene rings is 3. The first kappa shape index (κ1) is 12.5. The van der Waals surface area contributed by atoms with Crippen molar-refractivity contribution in [1.29, 1.82) is 0 Å². The molecular formula is C22H15N. The van der Waals surface area contributed by atoms with E-state index in [0.717, 1.165) is 0 Å². The quantitative estimate of drug-likeness (QED) is 0.362. The lowest BCUT2D eigenvalue weighted by Crippen LogP contribution is -1.90. The zero-order valence-corrected chi connectivity index (χ0v) is 12.6. The zero-order valence-electron chi connectivity index (χ0n) is 12.6. The second-order valence-corrected chi connectivity index (χ2v) is 5.91. The fraction of sp³-hybridized carbons (Fsp3) is 0. The number of hydrogen-bond donors (Lipinski definition) is 0. The van der Waals surface area contributed by atoms with Gasteiger partial charge in [-0.3, -0.25) is 0 Å². The van der Waals surface area contributed by atoms with Gasteiger partial charge in [-0.2, -0.15) is 0 Å². The Morgan fingerprint density at radius 1 is 0.565 bits per heavy atom. The Morgan fingerprint density at radius 2 is 1.26 bits per heavy atom. The summed E-state index contributed by atoms with van der Waals surface area (Å²) in [4.78, 5) is 0. The highest BCUT2D eigenvalue weighted by Crippen LogP contribution is 2.34. The van der Waals surface area contributed by atoms with Gasteiger partial charge in [0.15, 0.2) is 0 Å². The summed E-state index contributed by atoms with van der Waals surface area (Å²) in [6.07, 6.45) is 2.27. The van der Waals surface area contributed by atoms with Crippen molar-refractivity contribution in [2.45, 2.75) is 0 Å². The molecule has 108 valence electrons. The number of pyridine rings is 1. The van der Waals surface area contributed by atoms with Crippen LogP contribution in [0.1, 0.15) is 0 Å². The predicted molar refractivity (Wildman–Crippen MR) is 97.8 cm³/mol. The van der Waals surface area contributed by atoms with Crippen molar-refractivity contribution in [2.75, 3.05) is 0 Å². The summed E-state index contributed by atoms with van der Waals surface area (Å²) in [5.74, 6) is 0. The van der Waals surface area contributed by atoms with Crippen LogP contribution in [0.4, 0.5) is 0 Å². The zero-order chi connectivity index (χ0) is 15.2. The Kier molecular flexibility index (Phi) is 2.56. The molecule has 2 heterocycles. The minimum Gasteiger partial charge on any atom is -0.315 e. The van der Waals surface area contributed by atoms with Crippen molar-refractivity contribution < 1.29 is 0 Å². The van der Waals surface area contributed by atoms with Crippen LogP contribution in [-0.4, -0.2) is 4.40 Å². The van der Waals surface area contributed by atoms with E-state index in [-0.39, 0.29) is 0 Å². The normalized spacial score (nSPS) is 11.5. The minimum atomic E-state index is 1.25. The first-order valence-corrected chi connectivity index (χ1v) is 7.89. The Morgan fingerprint density at radius 3 is 2.13 bits per heavy atom. The van der Waals surface area contributed by atoms with E-state index in [1.54, 1.807) is 0 Å². The molecule has 5 rings (SSSR count). The second-order valence-electron chi connectivity index (χ2n) is 5.91. The van der Waals surface area contributed by atoms with E-state index in [0.29, 0.717) is 0 Å². The molecule has 0 bridgehead atoms. The van der Waals surface area contributed by atoms with Crippen LogP contribution in [0.3, 0.4) is 0 Å². The van der Waals surface area contributed by atoms with Crippen molar-refractivity contribution in [1.82, 2.24) is 4.40 Å². The molecule has 3 aromatic carbocycles. The summed E-state index contributed by atoms with van der Waals surface area (Å²) in [5.41, 5.74) is 5.05. The molecule has 2 aromatic heterocycles. The standard InChI is InChI=1S/C22H15N/c1-2-8-16(9-3-1)20-15-23-21-13-7-4-10-17(21)14-22(23)19-12-6-5-11-18(19)20/h1-15H. The van der Waals surface area contributed by atoms with Gasteiger partial charge in [-0.1, -0.05) is 72.8 Å². The molecule has 0 unspecified atom stereocenters. The van der Waals surface area contributed by atoms with E-state index in [9.17, 15) is 0 Å². The third-order valence-electron chi connectivity index (χ3n) is 4.58. The van der Waals surface area contributed by atoms with E-state index in [4.69, 9.17) is 0 Å². The number of fused-ring (bicyclic) bond motifs is 5. The maximum absolute atomic E-state index is 2.32. The third-order valence-corrected chi connectivity index (χ3v) is 4.58. The van der Waals surface area contributed by atoms with Crippen molar-refractivity contribution in [3.05, 3.63) is 91.1 Å². The van der Waals surface area contributed by atoms with E-state index in [1.165, 1.54) is 38.3 Å². The number of rotatable bonds is 1. The summed E-state index contributed by atoms with van der Waals surface area (Å²) in [6, 6.07) is 30.2. The number of aromatic nitrogens is 1. The maximum atomic E-state index is 2.32. The summed E-state index contributed by atoms with van der Waals surface area (Å²) in [5, 5.41) is 3.88. The molecule has 5 aromatic rings. The van der Waals surface area contributed by atoms with Crippen LogP contribution in [0, 0.1) is 0 Å². The topological polar surface area (TPSA) is 4.41 Å². The number of nitrogens with zero attached hydrogens (tertiary/aromatic N) is 1. The van der Waals surface area contributed by atoms with E-state index in [2.05, 4.69) is 95.5 Å². The SMILES string of the molecule is c1ccc(-c2cn3c4ccccc4cc3c3ccccc23)cc1. The van der Waals surface area contributed by atoms with Crippen LogP contribution in [0.15, 0.2) is 91.1 Å². The summed E-state index contributed by atoms with van der Waals surface area (Å²) in [7, 11) is 0. The van der Waals surface area contributed by atoms with Crippen molar-refractivity contribution in [2.24, 2.45) is 0 Å². The fourth-order valence-electron chi connectivity index (χ4n) is 3.51. The maximum Gasteiger partial charge on any atom is 0.0541 e. The first-order valence-electron chi connectivity index (χ1n) is 7.89. The Labute approximate surface area is 134 Å². The largest absolute Gasteiger partial charge is 0.315 e. The summed E-state index contributed by atoms with van der Waals surface area (Å²) in [6.45, 7) is 0. The van der Waals surface area contributed by atoms with Crippen LogP contribution in [-0.2, 0) is 0 Å². The molecule has 0 saturated heterocycles. The molecule has 0 aliphatic rings. The average molecular weight is 293 g/mol. The lowest BCUT2D eigenvalue weighted by Gasteiger charge is -2.10. The monoisotopic (exact) mass is 293 g/mol. The van der Waals surface area contributed by atoms with Gasteiger partial charge in [0.2, 0.25) is 0 Å². The van der Waals surface area contributed by atoms with Gasteiger partial charge in [0, 0.05) is 22.5 Å². The highest BCUT2D eigenvalue weighted by atomic mass is 14.9. The first-order chi connectivity index (χ1) is 11.4. The summed E-state index contributed by atoms with van der Waals surface area (Å²) >= 11 is 0. The molecule has 0 saturated carbocycles. The van der Waals surface area contributed by atoms with Gasteiger partial charge in [0.1, 0.15) is 0 Å². The van der Waals surface area contributed by atoms with E-state index >= 15 is 0 Å². The van der Waals surface area contributed by atoms with Crippen LogP contribution in [0.2, 0.25) is 0 Å². The van der Waals surface area contributed by atoms with Gasteiger partial charge in [0.05, 0.1) is 11.0 Å². The van der Waals surface area contributed by atoms with Gasteiger partial charge < -0.3 is 4.40 Å². The van der Waals surface area contributed by atoms with Crippen LogP contribution >= 0.6 is 0 Å². The lowest BCUT2D eigenvalue weighted by atomic mass is 10.00. The predicted octanol–water partition coefficient (Wildman–Crippen LogP) is 5.91. The van der Waals surface area contributed by atoms with Crippen molar-refractivity contribution >= 4 is 27.2 Å². The molecule has 0 N–H and O–H groups in total. The van der Waals surface area contributed by atoms with Crippen LogP contribution in [0.25, 0.3) is 38.3 Å². The average Bonchev–Trinajstić information content (AvgIpc) is 3.01. The van der Waals surface area contributed by atoms with Gasteiger partial charge in [-0.15, -0.1) is 0 Å². The number of hydrogen-bond acceptors (Lipinski definition) is 0. The summed E-state index contributed by atoms with van der Waals surface area (Å²) < 4.78 is 2.32. The molecule has 0 aliphatic heterocycles. The highest BCUT2D eigenvalue weighted by molar-refractivity contribution is 6.08. The smallest absolute Gasteiger partial charge is 0.0541 e. The van der Waals surface area contributed by atoms with E-state index in [1.807, 2.05) is 0 Å². The van der Waals surface area contributed by atoms with Gasteiger partial charge >= 0.3 is 0 Å². The fourth-order valence-corrected chi connectivity index (χ4v) is 3.51. The molecule has 0 amide bonds. The third kappa shape index (κ3) is 1.80. The molecule has 23 heavy (non-hydrogen) atoms.